The van der Waals surface area contributed by atoms with Crippen molar-refractivity contribution >= 4 is 34.4 Å². The van der Waals surface area contributed by atoms with Crippen LogP contribution in [0.15, 0.2) is 29.3 Å². The molecule has 0 saturated carbocycles. The van der Waals surface area contributed by atoms with Crippen LogP contribution in [0, 0.1) is 0 Å². The third kappa shape index (κ3) is 2.94. The molecular formula is C15H17N3O3S. The quantitative estimate of drug-likeness (QED) is 0.897. The van der Waals surface area contributed by atoms with Gasteiger partial charge < -0.3 is 10.1 Å². The van der Waals surface area contributed by atoms with Gasteiger partial charge in [0.15, 0.2) is 5.17 Å². The van der Waals surface area contributed by atoms with Gasteiger partial charge in [0.05, 0.1) is 18.8 Å². The van der Waals surface area contributed by atoms with Crippen molar-refractivity contribution in [3.8, 4) is 5.75 Å². The zero-order valence-corrected chi connectivity index (χ0v) is 13.1. The number of fused-ring (bicyclic) bond motifs is 1. The van der Waals surface area contributed by atoms with Crippen LogP contribution in [0.5, 0.6) is 5.75 Å². The number of amides is 2. The maximum atomic E-state index is 12.2. The molecule has 7 heteroatoms. The van der Waals surface area contributed by atoms with E-state index in [1.807, 2.05) is 19.1 Å². The van der Waals surface area contributed by atoms with Crippen molar-refractivity contribution in [2.24, 2.45) is 4.99 Å². The van der Waals surface area contributed by atoms with Crippen LogP contribution in [0.25, 0.3) is 0 Å². The number of para-hydroxylation sites is 2. The second kappa shape index (κ2) is 6.39. The Morgan fingerprint density at radius 2 is 2.32 bits per heavy atom. The molecule has 0 spiro atoms. The number of benzene rings is 1. The molecule has 1 atom stereocenters. The normalized spacial score (nSPS) is 19.9. The van der Waals surface area contributed by atoms with Gasteiger partial charge in [0.1, 0.15) is 11.0 Å². The minimum atomic E-state index is -0.377. The van der Waals surface area contributed by atoms with Crippen molar-refractivity contribution in [3.63, 3.8) is 0 Å². The topological polar surface area (TPSA) is 71.0 Å². The SMILES string of the molecule is CCOc1ccccc1NC(=O)C[C@H]1SC2=NCCN2C1=O. The minimum absolute atomic E-state index is 0.0190. The smallest absolute Gasteiger partial charge is 0.242 e. The second-order valence-corrected chi connectivity index (χ2v) is 6.11. The van der Waals surface area contributed by atoms with Crippen LogP contribution in [0.2, 0.25) is 0 Å². The van der Waals surface area contributed by atoms with Crippen molar-refractivity contribution in [1.82, 2.24) is 4.90 Å². The predicted octanol–water partition coefficient (Wildman–Crippen LogP) is 1.73. The van der Waals surface area contributed by atoms with Crippen LogP contribution in [-0.2, 0) is 9.59 Å². The van der Waals surface area contributed by atoms with E-state index in [1.54, 1.807) is 17.0 Å². The number of hydrogen-bond donors (Lipinski definition) is 1. The van der Waals surface area contributed by atoms with Gasteiger partial charge in [0, 0.05) is 13.0 Å². The van der Waals surface area contributed by atoms with Crippen molar-refractivity contribution in [2.75, 3.05) is 25.0 Å². The van der Waals surface area contributed by atoms with Crippen molar-refractivity contribution in [1.29, 1.82) is 0 Å². The Morgan fingerprint density at radius 3 is 3.09 bits per heavy atom. The number of nitrogens with zero attached hydrogens (tertiary/aromatic N) is 2. The van der Waals surface area contributed by atoms with Gasteiger partial charge in [-0.1, -0.05) is 23.9 Å². The highest BCUT2D eigenvalue weighted by atomic mass is 32.2. The lowest BCUT2D eigenvalue weighted by Crippen LogP contribution is -2.32. The first-order chi connectivity index (χ1) is 10.7. The van der Waals surface area contributed by atoms with Gasteiger partial charge in [-0.25, -0.2) is 0 Å². The molecule has 2 amide bonds. The summed E-state index contributed by atoms with van der Waals surface area (Å²) in [6.45, 7) is 3.71. The average Bonchev–Trinajstić information content (AvgIpc) is 3.06. The fourth-order valence-corrected chi connectivity index (χ4v) is 3.62. The summed E-state index contributed by atoms with van der Waals surface area (Å²) in [6, 6.07) is 7.27. The molecule has 0 aliphatic carbocycles. The lowest BCUT2D eigenvalue weighted by atomic mass is 10.2. The molecule has 0 unspecified atom stereocenters. The van der Waals surface area contributed by atoms with Crippen molar-refractivity contribution < 1.29 is 14.3 Å². The van der Waals surface area contributed by atoms with Crippen LogP contribution in [0.4, 0.5) is 5.69 Å². The number of aliphatic imine (C=N–C) groups is 1. The fraction of sp³-hybridized carbons (Fsp3) is 0.400. The number of nitrogens with one attached hydrogen (secondary N) is 1. The predicted molar refractivity (Wildman–Crippen MR) is 86.3 cm³/mol. The summed E-state index contributed by atoms with van der Waals surface area (Å²) in [5.74, 6) is 0.419. The molecule has 1 fully saturated rings. The number of ether oxygens (including phenoxy) is 1. The summed E-state index contributed by atoms with van der Waals surface area (Å²) in [4.78, 5) is 30.3. The number of hydrogen-bond acceptors (Lipinski definition) is 5. The van der Waals surface area contributed by atoms with Crippen LogP contribution >= 0.6 is 11.8 Å². The summed E-state index contributed by atoms with van der Waals surface area (Å²) in [6.07, 6.45) is 0.138. The highest BCUT2D eigenvalue weighted by Gasteiger charge is 2.40. The first-order valence-corrected chi connectivity index (χ1v) is 8.11. The van der Waals surface area contributed by atoms with Crippen molar-refractivity contribution in [3.05, 3.63) is 24.3 Å². The third-order valence-electron chi connectivity index (χ3n) is 3.42. The van der Waals surface area contributed by atoms with Crippen molar-refractivity contribution in [2.45, 2.75) is 18.6 Å². The molecule has 116 valence electrons. The average molecular weight is 319 g/mol. The Balaban J connectivity index is 1.63. The number of carbonyl (C=O) groups excluding carboxylic acids is 2. The number of rotatable bonds is 5. The van der Waals surface area contributed by atoms with E-state index in [0.717, 1.165) is 5.17 Å². The van der Waals surface area contributed by atoms with Crippen LogP contribution < -0.4 is 10.1 Å². The van der Waals surface area contributed by atoms with Gasteiger partial charge in [-0.15, -0.1) is 0 Å². The highest BCUT2D eigenvalue weighted by Crippen LogP contribution is 2.32. The van der Waals surface area contributed by atoms with E-state index in [-0.39, 0.29) is 23.5 Å². The second-order valence-electron chi connectivity index (χ2n) is 4.94. The number of amidine groups is 1. The van der Waals surface area contributed by atoms with E-state index in [1.165, 1.54) is 11.8 Å². The summed E-state index contributed by atoms with van der Waals surface area (Å²) >= 11 is 1.38. The summed E-state index contributed by atoms with van der Waals surface area (Å²) in [5, 5.41) is 3.19. The van der Waals surface area contributed by atoms with Gasteiger partial charge in [0.25, 0.3) is 0 Å². The van der Waals surface area contributed by atoms with Crippen LogP contribution in [0.3, 0.4) is 0 Å². The standard InChI is InChI=1S/C15H17N3O3S/c1-2-21-11-6-4-3-5-10(11)17-13(19)9-12-14(20)18-8-7-16-15(18)22-12/h3-6,12H,2,7-9H2,1H3,(H,17,19)/t12-/m1/s1. The lowest BCUT2D eigenvalue weighted by molar-refractivity contribution is -0.127. The Hall–Kier alpha value is -2.02. The molecule has 0 bridgehead atoms. The first-order valence-electron chi connectivity index (χ1n) is 7.23. The number of anilines is 1. The largest absolute Gasteiger partial charge is 0.492 e. The molecule has 2 aliphatic heterocycles. The molecule has 0 aromatic heterocycles. The zero-order chi connectivity index (χ0) is 15.5. The molecule has 6 nitrogen and oxygen atoms in total. The molecule has 1 aromatic rings. The number of carbonyl (C=O) groups is 2. The molecule has 1 N–H and O–H groups in total. The Kier molecular flexibility index (Phi) is 4.33. The first kappa shape index (κ1) is 14.9. The highest BCUT2D eigenvalue weighted by molar-refractivity contribution is 8.15. The maximum Gasteiger partial charge on any atom is 0.242 e. The lowest BCUT2D eigenvalue weighted by Gasteiger charge is -2.13. The van der Waals surface area contributed by atoms with Gasteiger partial charge in [-0.3, -0.25) is 19.5 Å². The van der Waals surface area contributed by atoms with Gasteiger partial charge in [-0.05, 0) is 19.1 Å². The van der Waals surface area contributed by atoms with Gasteiger partial charge in [0.2, 0.25) is 11.8 Å². The van der Waals surface area contributed by atoms with E-state index < -0.39 is 0 Å². The van der Waals surface area contributed by atoms with E-state index >= 15 is 0 Å². The Labute approximate surface area is 132 Å². The maximum absolute atomic E-state index is 12.2. The molecule has 0 radical (unpaired) electrons. The molecule has 1 saturated heterocycles. The van der Waals surface area contributed by atoms with Crippen LogP contribution in [0.1, 0.15) is 13.3 Å². The molecule has 3 rings (SSSR count). The monoisotopic (exact) mass is 319 g/mol. The molecule has 2 aliphatic rings. The zero-order valence-electron chi connectivity index (χ0n) is 12.2. The molecule has 2 heterocycles. The van der Waals surface area contributed by atoms with E-state index in [9.17, 15) is 9.59 Å². The number of thioether (sulfide) groups is 1. The molecule has 1 aromatic carbocycles. The summed E-state index contributed by atoms with van der Waals surface area (Å²) in [5.41, 5.74) is 0.627. The van der Waals surface area contributed by atoms with E-state index in [4.69, 9.17) is 4.74 Å². The Morgan fingerprint density at radius 1 is 1.50 bits per heavy atom. The third-order valence-corrected chi connectivity index (χ3v) is 4.64. The van der Waals surface area contributed by atoms with E-state index in [0.29, 0.717) is 31.1 Å². The minimum Gasteiger partial charge on any atom is -0.492 e. The summed E-state index contributed by atoms with van der Waals surface area (Å²) in [7, 11) is 0. The summed E-state index contributed by atoms with van der Waals surface area (Å²) < 4.78 is 5.48. The Bertz CT molecular complexity index is 632. The molecular weight excluding hydrogens is 302 g/mol. The fourth-order valence-electron chi connectivity index (χ4n) is 2.43. The van der Waals surface area contributed by atoms with E-state index in [2.05, 4.69) is 10.3 Å². The van der Waals surface area contributed by atoms with Gasteiger partial charge >= 0.3 is 0 Å². The van der Waals surface area contributed by atoms with Crippen LogP contribution in [-0.4, -0.2) is 46.8 Å². The molecule has 22 heavy (non-hydrogen) atoms. The van der Waals surface area contributed by atoms with Gasteiger partial charge in [-0.2, -0.15) is 0 Å².